The van der Waals surface area contributed by atoms with Crippen LogP contribution in [0.15, 0.2) is 18.2 Å². The molecule has 0 bridgehead atoms. The van der Waals surface area contributed by atoms with Crippen molar-refractivity contribution in [2.45, 2.75) is 89.5 Å². The van der Waals surface area contributed by atoms with E-state index in [1.54, 1.807) is 0 Å². The highest BCUT2D eigenvalue weighted by atomic mass is 16.4. The van der Waals surface area contributed by atoms with E-state index in [4.69, 9.17) is 31.9 Å². The zero-order valence-corrected chi connectivity index (χ0v) is 26.1. The lowest BCUT2D eigenvalue weighted by molar-refractivity contribution is -0.143. The third-order valence-electron chi connectivity index (χ3n) is 6.29. The van der Waals surface area contributed by atoms with Crippen LogP contribution in [0.1, 0.15) is 104 Å². The number of anilines is 1. The molecule has 1 aromatic carbocycles. The number of nitrogens with one attached hydrogen (secondary N) is 3. The lowest BCUT2D eigenvalue weighted by Crippen LogP contribution is -2.41. The van der Waals surface area contributed by atoms with Crippen LogP contribution < -0.4 is 27.4 Å². The van der Waals surface area contributed by atoms with Gasteiger partial charge in [-0.3, -0.25) is 33.6 Å². The molecule has 0 aliphatic carbocycles. The minimum absolute atomic E-state index is 0.0632. The number of unbranched alkanes of at least 4 members (excludes halogenated alkanes) is 4. The van der Waals surface area contributed by atoms with Crippen LogP contribution in [0.3, 0.4) is 0 Å². The van der Waals surface area contributed by atoms with E-state index < -0.39 is 41.7 Å². The summed E-state index contributed by atoms with van der Waals surface area (Å²) in [5, 5.41) is 41.6. The smallest absolute Gasteiger partial charge is 0.326 e. The molecule has 0 heterocycles. The first-order valence-electron chi connectivity index (χ1n) is 15.0. The highest BCUT2D eigenvalue weighted by Crippen LogP contribution is 2.13. The molecule has 0 radical (unpaired) electrons. The predicted molar refractivity (Wildman–Crippen MR) is 167 cm³/mol. The summed E-state index contributed by atoms with van der Waals surface area (Å²) < 4.78 is 0. The Hall–Kier alpha value is -5.22. The van der Waals surface area contributed by atoms with Crippen molar-refractivity contribution < 1.29 is 58.8 Å². The van der Waals surface area contributed by atoms with Crippen molar-refractivity contribution in [3.8, 4) is 0 Å². The summed E-state index contributed by atoms with van der Waals surface area (Å²) in [5.74, 6) is -5.94. The van der Waals surface area contributed by atoms with Gasteiger partial charge in [-0.2, -0.15) is 0 Å². The van der Waals surface area contributed by atoms with Gasteiger partial charge in [0.25, 0.3) is 11.8 Å². The number of carboxylic acid groups (broad SMARTS) is 4. The average Bonchev–Trinajstić information content (AvgIpc) is 2.97. The molecule has 1 aromatic rings. The monoisotopic (exact) mass is 667 g/mol. The quantitative estimate of drug-likeness (QED) is 0.0584. The van der Waals surface area contributed by atoms with Gasteiger partial charge in [-0.1, -0.05) is 12.8 Å². The summed E-state index contributed by atoms with van der Waals surface area (Å²) in [4.78, 5) is 88.9. The minimum atomic E-state index is -1.29. The van der Waals surface area contributed by atoms with Crippen molar-refractivity contribution in [3.05, 3.63) is 29.3 Å². The van der Waals surface area contributed by atoms with Crippen molar-refractivity contribution in [2.24, 2.45) is 5.73 Å². The second-order valence-corrected chi connectivity index (χ2v) is 10.5. The Morgan fingerprint density at radius 3 is 1.49 bits per heavy atom. The van der Waals surface area contributed by atoms with Gasteiger partial charge in [0.2, 0.25) is 11.8 Å². The van der Waals surface area contributed by atoms with Crippen LogP contribution in [0.4, 0.5) is 5.69 Å². The van der Waals surface area contributed by atoms with E-state index in [1.165, 1.54) is 18.2 Å². The molecule has 17 nitrogen and oxygen atoms in total. The fraction of sp³-hybridized carbons (Fsp3) is 0.533. The molecule has 0 fully saturated rings. The molecule has 47 heavy (non-hydrogen) atoms. The van der Waals surface area contributed by atoms with E-state index in [-0.39, 0.29) is 67.2 Å². The lowest BCUT2D eigenvalue weighted by Gasteiger charge is -2.13. The fourth-order valence-corrected chi connectivity index (χ4v) is 3.89. The van der Waals surface area contributed by atoms with Crippen LogP contribution in [0.25, 0.3) is 0 Å². The highest BCUT2D eigenvalue weighted by Gasteiger charge is 2.20. The van der Waals surface area contributed by atoms with Gasteiger partial charge >= 0.3 is 23.9 Å². The van der Waals surface area contributed by atoms with Crippen molar-refractivity contribution in [3.63, 3.8) is 0 Å². The van der Waals surface area contributed by atoms with Crippen LogP contribution in [0.5, 0.6) is 0 Å². The number of aliphatic carboxylic acids is 4. The number of benzene rings is 1. The Balaban J connectivity index is 0.00000204. The molecule has 1 atom stereocenters. The van der Waals surface area contributed by atoms with Gasteiger partial charge in [0, 0.05) is 62.0 Å². The summed E-state index contributed by atoms with van der Waals surface area (Å²) in [5.41, 5.74) is 11.7. The fourth-order valence-electron chi connectivity index (χ4n) is 3.89. The molecule has 0 aliphatic rings. The standard InChI is InChI=1S/C25H37N5O8.C5H8O4/c26-18-14-16(23(35)28-11-5-1-3-7-20(27)31)13-17(15-18)24(36)29-12-6-2-4-8-21(32)30-19(25(37)38)9-10-22(33)34;6-4(7)2-1-3-5(8)9/h13-15,19H,1-12,26H2,(H2,27,31)(H,28,35)(H,29,36)(H,30,32)(H,33,34)(H,37,38);1-3H2,(H,6,7)(H,8,9). The number of amides is 4. The van der Waals surface area contributed by atoms with E-state index >= 15 is 0 Å². The number of hydrogen-bond acceptors (Lipinski definition) is 9. The first-order chi connectivity index (χ1) is 22.1. The van der Waals surface area contributed by atoms with Crippen LogP contribution in [-0.2, 0) is 28.8 Å². The van der Waals surface area contributed by atoms with Crippen molar-refractivity contribution in [2.75, 3.05) is 18.8 Å². The van der Waals surface area contributed by atoms with Crippen LogP contribution in [0.2, 0.25) is 0 Å². The highest BCUT2D eigenvalue weighted by molar-refractivity contribution is 6.01. The third-order valence-corrected chi connectivity index (χ3v) is 6.29. The minimum Gasteiger partial charge on any atom is -0.481 e. The molecule has 17 heteroatoms. The Kier molecular flexibility index (Phi) is 21.4. The topological polar surface area (TPSA) is 306 Å². The summed E-state index contributed by atoms with van der Waals surface area (Å²) in [6, 6.07) is 3.13. The van der Waals surface area contributed by atoms with Crippen molar-refractivity contribution in [1.82, 2.24) is 16.0 Å². The summed E-state index contributed by atoms with van der Waals surface area (Å²) in [6.07, 6.45) is 3.59. The SMILES string of the molecule is NC(=O)CCCCCNC(=O)c1cc(N)cc(C(=O)NCCCCCC(=O)NC(CCC(=O)O)C(=O)O)c1.O=C(O)CCCC(=O)O. The van der Waals surface area contributed by atoms with Gasteiger partial charge < -0.3 is 47.8 Å². The first-order valence-corrected chi connectivity index (χ1v) is 15.0. The number of rotatable bonds is 23. The van der Waals surface area contributed by atoms with E-state index in [0.717, 1.165) is 6.42 Å². The molecule has 0 aromatic heterocycles. The van der Waals surface area contributed by atoms with Crippen molar-refractivity contribution >= 4 is 53.2 Å². The zero-order valence-electron chi connectivity index (χ0n) is 26.1. The lowest BCUT2D eigenvalue weighted by atomic mass is 10.1. The number of carbonyl (C=O) groups excluding carboxylic acids is 4. The maximum absolute atomic E-state index is 12.5. The van der Waals surface area contributed by atoms with E-state index in [2.05, 4.69) is 16.0 Å². The van der Waals surface area contributed by atoms with Gasteiger partial charge in [-0.15, -0.1) is 0 Å². The van der Waals surface area contributed by atoms with Gasteiger partial charge in [0.05, 0.1) is 0 Å². The maximum atomic E-state index is 12.5. The summed E-state index contributed by atoms with van der Waals surface area (Å²) in [7, 11) is 0. The van der Waals surface area contributed by atoms with E-state index in [1.807, 2.05) is 0 Å². The molecule has 1 rings (SSSR count). The molecule has 0 saturated carbocycles. The number of carboxylic acids is 4. The molecule has 1 unspecified atom stereocenters. The number of carbonyl (C=O) groups is 8. The predicted octanol–water partition coefficient (Wildman–Crippen LogP) is 1.09. The van der Waals surface area contributed by atoms with Crippen LogP contribution in [0, 0.1) is 0 Å². The third kappa shape index (κ3) is 22.9. The number of nitrogen functional groups attached to an aromatic ring is 1. The van der Waals surface area contributed by atoms with Crippen LogP contribution in [-0.4, -0.2) is 87.1 Å². The Bertz CT molecular complexity index is 1220. The summed E-state index contributed by atoms with van der Waals surface area (Å²) >= 11 is 0. The maximum Gasteiger partial charge on any atom is 0.326 e. The van der Waals surface area contributed by atoms with Crippen molar-refractivity contribution in [1.29, 1.82) is 0 Å². The second kappa shape index (κ2) is 24.1. The molecule has 4 amide bonds. The summed E-state index contributed by atoms with van der Waals surface area (Å²) in [6.45, 7) is 0.726. The number of primary amides is 1. The molecule has 11 N–H and O–H groups in total. The molecular weight excluding hydrogens is 622 g/mol. The Morgan fingerprint density at radius 2 is 1.06 bits per heavy atom. The van der Waals surface area contributed by atoms with Gasteiger partial charge in [-0.05, 0) is 56.7 Å². The first kappa shape index (κ1) is 41.8. The second-order valence-electron chi connectivity index (χ2n) is 10.5. The molecule has 0 saturated heterocycles. The largest absolute Gasteiger partial charge is 0.481 e. The number of hydrogen-bond donors (Lipinski definition) is 9. The number of nitrogens with two attached hydrogens (primary N) is 2. The Morgan fingerprint density at radius 1 is 0.596 bits per heavy atom. The van der Waals surface area contributed by atoms with E-state index in [9.17, 15) is 38.4 Å². The molecular formula is C30H45N5O12. The molecule has 0 aliphatic heterocycles. The average molecular weight is 668 g/mol. The molecule has 262 valence electrons. The normalized spacial score (nSPS) is 10.8. The zero-order chi connectivity index (χ0) is 35.8. The van der Waals surface area contributed by atoms with Gasteiger partial charge in [-0.25, -0.2) is 4.79 Å². The van der Waals surface area contributed by atoms with Gasteiger partial charge in [0.15, 0.2) is 0 Å². The van der Waals surface area contributed by atoms with Gasteiger partial charge in [0.1, 0.15) is 6.04 Å². The van der Waals surface area contributed by atoms with Crippen LogP contribution >= 0.6 is 0 Å². The van der Waals surface area contributed by atoms with E-state index in [0.29, 0.717) is 51.6 Å². The Labute approximate surface area is 271 Å². The molecule has 0 spiro atoms.